The Kier molecular flexibility index (Phi) is 7.09. The minimum Gasteiger partial charge on any atom is -0.297 e. The monoisotopic (exact) mass is 304 g/mol. The largest absolute Gasteiger partial charge is 0.297 e. The lowest BCUT2D eigenvalue weighted by Crippen LogP contribution is -2.46. The lowest BCUT2D eigenvalue weighted by atomic mass is 9.94. The Balaban J connectivity index is 2.64. The van der Waals surface area contributed by atoms with Crippen LogP contribution in [0, 0.1) is 11.8 Å². The number of rotatable bonds is 7. The molecule has 0 aliphatic carbocycles. The number of hydrogen-bond donors (Lipinski definition) is 0. The van der Waals surface area contributed by atoms with Crippen LogP contribution in [0.1, 0.15) is 59.8 Å². The van der Waals surface area contributed by atoms with Gasteiger partial charge in [0.05, 0.1) is 0 Å². The molecular formula is C15H28O2S2. The first-order valence-electron chi connectivity index (χ1n) is 7.50. The molecular weight excluding hydrogens is 276 g/mol. The van der Waals surface area contributed by atoms with Crippen molar-refractivity contribution in [3.63, 3.8) is 0 Å². The Morgan fingerprint density at radius 2 is 2.00 bits per heavy atom. The lowest BCUT2D eigenvalue weighted by molar-refractivity contribution is -0.123. The Bertz CT molecular complexity index is 328. The summed E-state index contributed by atoms with van der Waals surface area (Å²) in [6, 6.07) is 0. The fourth-order valence-corrected chi connectivity index (χ4v) is 6.48. The molecule has 0 saturated carbocycles. The normalized spacial score (nSPS) is 29.4. The molecule has 0 amide bonds. The van der Waals surface area contributed by atoms with Crippen molar-refractivity contribution in [2.75, 3.05) is 11.5 Å². The van der Waals surface area contributed by atoms with E-state index in [1.807, 2.05) is 13.8 Å². The maximum Gasteiger partial charge on any atom is 0.164 e. The molecule has 0 N–H and O–H groups in total. The van der Waals surface area contributed by atoms with E-state index in [1.165, 1.54) is 6.42 Å². The third-order valence-electron chi connectivity index (χ3n) is 3.88. The van der Waals surface area contributed by atoms with Crippen molar-refractivity contribution in [3.05, 3.63) is 0 Å². The average molecular weight is 305 g/mol. The van der Waals surface area contributed by atoms with Gasteiger partial charge in [0.15, 0.2) is 5.78 Å². The van der Waals surface area contributed by atoms with Crippen LogP contribution < -0.4 is 0 Å². The van der Waals surface area contributed by atoms with Gasteiger partial charge in [0.25, 0.3) is 0 Å². The van der Waals surface area contributed by atoms with E-state index in [2.05, 4.69) is 13.8 Å². The quantitative estimate of drug-likeness (QED) is 0.712. The van der Waals surface area contributed by atoms with Gasteiger partial charge in [0.1, 0.15) is 4.08 Å². The molecule has 1 rings (SSSR count). The number of carbonyl (C=O) groups excluding carboxylic acids is 1. The summed E-state index contributed by atoms with van der Waals surface area (Å²) in [6.07, 6.45) is 4.90. The molecule has 19 heavy (non-hydrogen) atoms. The predicted molar refractivity (Wildman–Crippen MR) is 86.0 cm³/mol. The summed E-state index contributed by atoms with van der Waals surface area (Å²) < 4.78 is 11.7. The summed E-state index contributed by atoms with van der Waals surface area (Å²) in [7, 11) is -0.988. The van der Waals surface area contributed by atoms with Crippen molar-refractivity contribution >= 4 is 28.3 Å². The summed E-state index contributed by atoms with van der Waals surface area (Å²) in [6.45, 7) is 8.46. The van der Waals surface area contributed by atoms with E-state index >= 15 is 0 Å². The van der Waals surface area contributed by atoms with Gasteiger partial charge in [0.2, 0.25) is 0 Å². The van der Waals surface area contributed by atoms with Crippen LogP contribution in [0.25, 0.3) is 0 Å². The van der Waals surface area contributed by atoms with Crippen molar-refractivity contribution in [1.82, 2.24) is 0 Å². The molecule has 1 saturated heterocycles. The minimum atomic E-state index is -0.988. The Labute approximate surface area is 125 Å². The second-order valence-electron chi connectivity index (χ2n) is 5.95. The number of thioether (sulfide) groups is 1. The zero-order valence-electron chi connectivity index (χ0n) is 12.7. The number of carbonyl (C=O) groups is 1. The van der Waals surface area contributed by atoms with E-state index in [0.717, 1.165) is 25.0 Å². The van der Waals surface area contributed by atoms with Crippen molar-refractivity contribution < 1.29 is 9.00 Å². The van der Waals surface area contributed by atoms with Crippen LogP contribution in [-0.4, -0.2) is 25.6 Å². The van der Waals surface area contributed by atoms with Crippen LogP contribution in [0.4, 0.5) is 0 Å². The first kappa shape index (κ1) is 17.2. The Morgan fingerprint density at radius 3 is 2.53 bits per heavy atom. The van der Waals surface area contributed by atoms with Crippen LogP contribution in [0.15, 0.2) is 0 Å². The highest BCUT2D eigenvalue weighted by atomic mass is 32.2. The summed E-state index contributed by atoms with van der Waals surface area (Å²) in [5.41, 5.74) is 0. The summed E-state index contributed by atoms with van der Waals surface area (Å²) >= 11 is 1.65. The van der Waals surface area contributed by atoms with Crippen LogP contribution in [0.2, 0.25) is 0 Å². The van der Waals surface area contributed by atoms with Crippen LogP contribution in [0.3, 0.4) is 0 Å². The maximum atomic E-state index is 12.7. The van der Waals surface area contributed by atoms with Crippen LogP contribution in [-0.2, 0) is 15.6 Å². The smallest absolute Gasteiger partial charge is 0.164 e. The molecule has 0 aromatic carbocycles. The zero-order valence-corrected chi connectivity index (χ0v) is 14.4. The number of Topliss-reactive ketones (excluding diaryl/α,β-unsaturated/α-hetero) is 1. The molecule has 0 unspecified atom stereocenters. The highest BCUT2D eigenvalue weighted by Crippen LogP contribution is 2.40. The minimum absolute atomic E-state index is 0.0493. The topological polar surface area (TPSA) is 34.1 Å². The van der Waals surface area contributed by atoms with Gasteiger partial charge in [-0.05, 0) is 30.9 Å². The molecule has 1 heterocycles. The molecule has 0 aromatic rings. The number of ketones is 1. The van der Waals surface area contributed by atoms with Crippen molar-refractivity contribution in [2.24, 2.45) is 11.8 Å². The molecule has 0 bridgehead atoms. The first-order valence-corrected chi connectivity index (χ1v) is 9.81. The van der Waals surface area contributed by atoms with Crippen LogP contribution in [0.5, 0.6) is 0 Å². The van der Waals surface area contributed by atoms with Crippen molar-refractivity contribution in [1.29, 1.82) is 0 Å². The maximum absolute atomic E-state index is 12.7. The molecule has 1 aliphatic rings. The van der Waals surface area contributed by atoms with Gasteiger partial charge < -0.3 is 0 Å². The van der Waals surface area contributed by atoms with Crippen LogP contribution >= 0.6 is 11.8 Å². The second-order valence-corrected chi connectivity index (χ2v) is 9.40. The molecule has 112 valence electrons. The van der Waals surface area contributed by atoms with Gasteiger partial charge >= 0.3 is 0 Å². The van der Waals surface area contributed by atoms with E-state index in [4.69, 9.17) is 0 Å². The molecule has 3 atom stereocenters. The average Bonchev–Trinajstić information content (AvgIpc) is 2.38. The highest BCUT2D eigenvalue weighted by Gasteiger charge is 2.46. The van der Waals surface area contributed by atoms with Gasteiger partial charge in [-0.25, -0.2) is 0 Å². The second kappa shape index (κ2) is 7.82. The first-order chi connectivity index (χ1) is 8.94. The molecule has 0 aromatic heterocycles. The van der Waals surface area contributed by atoms with Gasteiger partial charge in [0, 0.05) is 22.5 Å². The molecule has 0 spiro atoms. The van der Waals surface area contributed by atoms with E-state index in [0.29, 0.717) is 18.1 Å². The third-order valence-corrected chi connectivity index (χ3v) is 8.13. The summed E-state index contributed by atoms with van der Waals surface area (Å²) in [5.74, 6) is 2.66. The lowest BCUT2D eigenvalue weighted by Gasteiger charge is -2.35. The van der Waals surface area contributed by atoms with Gasteiger partial charge in [-0.15, -0.1) is 11.8 Å². The van der Waals surface area contributed by atoms with Crippen molar-refractivity contribution in [2.45, 2.75) is 63.9 Å². The zero-order chi connectivity index (χ0) is 14.5. The predicted octanol–water partition coefficient (Wildman–Crippen LogP) is 4.01. The molecule has 0 radical (unpaired) electrons. The standard InChI is InChI=1S/C15H28O2S2/c1-5-15(18-10-7-11-19(15)17)14(16)13(4)9-6-8-12(2)3/h12-13H,5-11H2,1-4H3/t13-,15-,19-/m1/s1. The Morgan fingerprint density at radius 1 is 1.32 bits per heavy atom. The summed E-state index contributed by atoms with van der Waals surface area (Å²) in [5, 5.41) is 0. The van der Waals surface area contributed by atoms with E-state index in [9.17, 15) is 9.00 Å². The van der Waals surface area contributed by atoms with Gasteiger partial charge in [-0.1, -0.05) is 40.5 Å². The fourth-order valence-electron chi connectivity index (χ4n) is 2.62. The Hall–Kier alpha value is 0.170. The van der Waals surface area contributed by atoms with E-state index < -0.39 is 14.9 Å². The molecule has 2 nitrogen and oxygen atoms in total. The third kappa shape index (κ3) is 4.32. The SMILES string of the molecule is CC[C@@]1(C(=O)[C@H](C)CCCC(C)C)SCCC[S@]1=O. The highest BCUT2D eigenvalue weighted by molar-refractivity contribution is 8.14. The number of hydrogen-bond acceptors (Lipinski definition) is 3. The van der Waals surface area contributed by atoms with Crippen molar-refractivity contribution in [3.8, 4) is 0 Å². The van der Waals surface area contributed by atoms with Gasteiger partial charge in [-0.2, -0.15) is 0 Å². The van der Waals surface area contributed by atoms with E-state index in [1.54, 1.807) is 11.8 Å². The molecule has 1 aliphatic heterocycles. The fraction of sp³-hybridized carbons (Fsp3) is 0.933. The molecule has 1 fully saturated rings. The molecule has 4 heteroatoms. The summed E-state index contributed by atoms with van der Waals surface area (Å²) in [4.78, 5) is 12.7. The van der Waals surface area contributed by atoms with Gasteiger partial charge in [-0.3, -0.25) is 9.00 Å². The van der Waals surface area contributed by atoms with E-state index in [-0.39, 0.29) is 11.7 Å².